The van der Waals surface area contributed by atoms with E-state index in [0.717, 1.165) is 0 Å². The Morgan fingerprint density at radius 3 is 2.94 bits per heavy atom. The maximum absolute atomic E-state index is 11.4. The van der Waals surface area contributed by atoms with Crippen molar-refractivity contribution in [3.05, 3.63) is 28.7 Å². The van der Waals surface area contributed by atoms with Crippen molar-refractivity contribution in [2.75, 3.05) is 12.3 Å². The van der Waals surface area contributed by atoms with Crippen molar-refractivity contribution in [3.63, 3.8) is 0 Å². The van der Waals surface area contributed by atoms with Crippen LogP contribution in [0.5, 0.6) is 0 Å². The zero-order chi connectivity index (χ0) is 13.4. The predicted octanol–water partition coefficient (Wildman–Crippen LogP) is 0.668. The maximum Gasteiger partial charge on any atom is 0.326 e. The lowest BCUT2D eigenvalue weighted by Gasteiger charge is -2.06. The Balaban J connectivity index is 2.38. The lowest BCUT2D eigenvalue weighted by molar-refractivity contribution is -0.144. The largest absolute Gasteiger partial charge is 0.464 e. The van der Waals surface area contributed by atoms with Crippen LogP contribution >= 0.6 is 0 Å². The van der Waals surface area contributed by atoms with E-state index in [1.807, 2.05) is 6.07 Å². The molecule has 0 aliphatic carbocycles. The smallest absolute Gasteiger partial charge is 0.326 e. The number of hydrogen-bond acceptors (Lipinski definition) is 5. The van der Waals surface area contributed by atoms with Gasteiger partial charge in [0.1, 0.15) is 6.54 Å². The Morgan fingerprint density at radius 2 is 2.22 bits per heavy atom. The van der Waals surface area contributed by atoms with Gasteiger partial charge in [0.15, 0.2) is 0 Å². The van der Waals surface area contributed by atoms with E-state index in [4.69, 9.17) is 15.7 Å². The van der Waals surface area contributed by atoms with Gasteiger partial charge in [-0.2, -0.15) is 5.26 Å². The monoisotopic (exact) mass is 249 g/mol. The fraction of sp³-hybridized carbons (Fsp3) is 0.417. The molecule has 0 bridgehead atoms. The number of ether oxygens (including phenoxy) is 1. The SMILES string of the molecule is N#CCCCCOC(=O)Cn1cc(N)ccc1=O. The Morgan fingerprint density at radius 1 is 1.44 bits per heavy atom. The predicted molar refractivity (Wildman–Crippen MR) is 65.5 cm³/mol. The van der Waals surface area contributed by atoms with E-state index < -0.39 is 5.97 Å². The van der Waals surface area contributed by atoms with E-state index in [1.165, 1.54) is 22.9 Å². The lowest BCUT2D eigenvalue weighted by Crippen LogP contribution is -2.24. The van der Waals surface area contributed by atoms with Crippen LogP contribution in [0.4, 0.5) is 5.69 Å². The van der Waals surface area contributed by atoms with Gasteiger partial charge in [0.2, 0.25) is 0 Å². The van der Waals surface area contributed by atoms with Crippen molar-refractivity contribution >= 4 is 11.7 Å². The zero-order valence-corrected chi connectivity index (χ0v) is 9.96. The molecule has 0 atom stereocenters. The highest BCUT2D eigenvalue weighted by molar-refractivity contribution is 5.69. The molecule has 0 aliphatic heterocycles. The van der Waals surface area contributed by atoms with E-state index in [9.17, 15) is 9.59 Å². The first-order valence-corrected chi connectivity index (χ1v) is 5.62. The summed E-state index contributed by atoms with van der Waals surface area (Å²) in [5.41, 5.74) is 5.63. The number of carbonyl (C=O) groups is 1. The van der Waals surface area contributed by atoms with Gasteiger partial charge in [0, 0.05) is 24.4 Å². The van der Waals surface area contributed by atoms with Crippen LogP contribution in [0.2, 0.25) is 0 Å². The number of nitrogens with two attached hydrogens (primary N) is 1. The number of pyridine rings is 1. The molecule has 0 radical (unpaired) electrons. The number of anilines is 1. The van der Waals surface area contributed by atoms with Gasteiger partial charge in [0.25, 0.3) is 5.56 Å². The molecular weight excluding hydrogens is 234 g/mol. The molecule has 1 aromatic rings. The van der Waals surface area contributed by atoms with Crippen LogP contribution in [0, 0.1) is 11.3 Å². The summed E-state index contributed by atoms with van der Waals surface area (Å²) >= 11 is 0. The fourth-order valence-electron chi connectivity index (χ4n) is 1.35. The average molecular weight is 249 g/mol. The van der Waals surface area contributed by atoms with Gasteiger partial charge in [-0.3, -0.25) is 9.59 Å². The van der Waals surface area contributed by atoms with Crippen molar-refractivity contribution in [2.24, 2.45) is 0 Å². The molecule has 1 rings (SSSR count). The summed E-state index contributed by atoms with van der Waals surface area (Å²) in [5.74, 6) is -0.486. The third-order valence-corrected chi connectivity index (χ3v) is 2.25. The first-order chi connectivity index (χ1) is 8.63. The topological polar surface area (TPSA) is 98.1 Å². The molecule has 0 saturated heterocycles. The Kier molecular flexibility index (Phi) is 5.45. The summed E-state index contributed by atoms with van der Waals surface area (Å²) < 4.78 is 6.14. The van der Waals surface area contributed by atoms with Crippen molar-refractivity contribution in [3.8, 4) is 6.07 Å². The Hall–Kier alpha value is -2.29. The minimum Gasteiger partial charge on any atom is -0.464 e. The minimum absolute atomic E-state index is 0.151. The van der Waals surface area contributed by atoms with Crippen LogP contribution in [0.15, 0.2) is 23.1 Å². The van der Waals surface area contributed by atoms with Gasteiger partial charge in [0.05, 0.1) is 12.7 Å². The molecule has 0 unspecified atom stereocenters. The summed E-state index contributed by atoms with van der Waals surface area (Å²) in [7, 11) is 0. The van der Waals surface area contributed by atoms with E-state index in [0.29, 0.717) is 24.9 Å². The summed E-state index contributed by atoms with van der Waals surface area (Å²) in [6, 6.07) is 4.79. The second-order valence-electron chi connectivity index (χ2n) is 3.76. The molecule has 18 heavy (non-hydrogen) atoms. The number of carbonyl (C=O) groups excluding carboxylic acids is 1. The first kappa shape index (κ1) is 13.8. The number of rotatable bonds is 6. The van der Waals surface area contributed by atoms with E-state index in [1.54, 1.807) is 0 Å². The van der Waals surface area contributed by atoms with E-state index in [-0.39, 0.29) is 18.7 Å². The molecule has 0 aromatic carbocycles. The first-order valence-electron chi connectivity index (χ1n) is 5.62. The van der Waals surface area contributed by atoms with Gasteiger partial charge < -0.3 is 15.0 Å². The number of nitrogens with zero attached hydrogens (tertiary/aromatic N) is 2. The second-order valence-corrected chi connectivity index (χ2v) is 3.76. The molecule has 1 heterocycles. The van der Waals surface area contributed by atoms with Crippen LogP contribution in [-0.2, 0) is 16.1 Å². The lowest BCUT2D eigenvalue weighted by atomic mass is 10.3. The molecule has 0 fully saturated rings. The van der Waals surface area contributed by atoms with Crippen LogP contribution < -0.4 is 11.3 Å². The highest BCUT2D eigenvalue weighted by Crippen LogP contribution is 1.98. The molecule has 0 saturated carbocycles. The molecule has 0 spiro atoms. The standard InChI is InChI=1S/C12H15N3O3/c13-6-2-1-3-7-18-12(17)9-15-8-10(14)4-5-11(15)16/h4-5,8H,1-3,7,9,14H2. The van der Waals surface area contributed by atoms with E-state index in [2.05, 4.69) is 0 Å². The maximum atomic E-state index is 11.4. The van der Waals surface area contributed by atoms with Crippen molar-refractivity contribution in [1.29, 1.82) is 5.26 Å². The summed E-state index contributed by atoms with van der Waals surface area (Å²) in [5, 5.41) is 8.32. The van der Waals surface area contributed by atoms with Crippen LogP contribution in [0.25, 0.3) is 0 Å². The molecule has 1 aromatic heterocycles. The molecule has 2 N–H and O–H groups in total. The van der Waals surface area contributed by atoms with Gasteiger partial charge >= 0.3 is 5.97 Å². The Bertz CT molecular complexity index is 502. The number of esters is 1. The molecule has 96 valence electrons. The number of hydrogen-bond donors (Lipinski definition) is 1. The van der Waals surface area contributed by atoms with Crippen molar-refractivity contribution < 1.29 is 9.53 Å². The molecular formula is C12H15N3O3. The molecule has 0 aliphatic rings. The summed E-state index contributed by atoms with van der Waals surface area (Å²) in [6.07, 6.45) is 3.19. The third-order valence-electron chi connectivity index (χ3n) is 2.25. The highest BCUT2D eigenvalue weighted by atomic mass is 16.5. The number of nitrogen functional groups attached to an aromatic ring is 1. The molecule has 6 heteroatoms. The number of aromatic nitrogens is 1. The normalized spacial score (nSPS) is 9.72. The van der Waals surface area contributed by atoms with Crippen LogP contribution in [0.1, 0.15) is 19.3 Å². The molecule has 6 nitrogen and oxygen atoms in total. The van der Waals surface area contributed by atoms with Crippen molar-refractivity contribution in [2.45, 2.75) is 25.8 Å². The fourth-order valence-corrected chi connectivity index (χ4v) is 1.35. The van der Waals surface area contributed by atoms with Gasteiger partial charge in [-0.15, -0.1) is 0 Å². The molecule has 0 amide bonds. The quantitative estimate of drug-likeness (QED) is 0.590. The summed E-state index contributed by atoms with van der Waals surface area (Å²) in [6.45, 7) is 0.111. The second kappa shape index (κ2) is 7.12. The van der Waals surface area contributed by atoms with E-state index >= 15 is 0 Å². The van der Waals surface area contributed by atoms with Gasteiger partial charge in [-0.05, 0) is 18.9 Å². The Labute approximate surface area is 105 Å². The van der Waals surface area contributed by atoms with Crippen LogP contribution in [-0.4, -0.2) is 17.1 Å². The average Bonchev–Trinajstić information content (AvgIpc) is 2.33. The van der Waals surface area contributed by atoms with Gasteiger partial charge in [-0.1, -0.05) is 0 Å². The van der Waals surface area contributed by atoms with Gasteiger partial charge in [-0.25, -0.2) is 0 Å². The highest BCUT2D eigenvalue weighted by Gasteiger charge is 2.05. The van der Waals surface area contributed by atoms with Crippen molar-refractivity contribution in [1.82, 2.24) is 4.57 Å². The third kappa shape index (κ3) is 4.70. The number of nitriles is 1. The minimum atomic E-state index is -0.486. The zero-order valence-electron chi connectivity index (χ0n) is 9.96. The van der Waals surface area contributed by atoms with Crippen LogP contribution in [0.3, 0.4) is 0 Å². The number of unbranched alkanes of at least 4 members (excludes halogenated alkanes) is 2. The summed E-state index contributed by atoms with van der Waals surface area (Å²) in [4.78, 5) is 22.8.